The Balaban J connectivity index is 2.93. The zero-order valence-corrected chi connectivity index (χ0v) is 11.8. The van der Waals surface area contributed by atoms with Crippen molar-refractivity contribution in [2.24, 2.45) is 15.9 Å². The van der Waals surface area contributed by atoms with Crippen molar-refractivity contribution in [2.75, 3.05) is 5.43 Å². The van der Waals surface area contributed by atoms with Gasteiger partial charge in [0.1, 0.15) is 0 Å². The molecule has 0 aromatic heterocycles. The minimum Gasteiger partial charge on any atom is -0.279 e. The monoisotopic (exact) mass is 232 g/mol. The van der Waals surface area contributed by atoms with Gasteiger partial charge < -0.3 is 0 Å². The molecule has 0 aliphatic rings. The first-order valence-electron chi connectivity index (χ1n) is 6.11. The number of rotatable bonds is 2. The fourth-order valence-electron chi connectivity index (χ4n) is 2.09. The van der Waals surface area contributed by atoms with Gasteiger partial charge in [-0.25, -0.2) is 0 Å². The van der Waals surface area contributed by atoms with Crippen molar-refractivity contribution in [3.8, 4) is 0 Å². The largest absolute Gasteiger partial charge is 0.279 e. The van der Waals surface area contributed by atoms with Crippen LogP contribution in [0.2, 0.25) is 0 Å². The van der Waals surface area contributed by atoms with Gasteiger partial charge in [0, 0.05) is 16.5 Å². The number of hydrogen-bond acceptors (Lipinski definition) is 2. The Labute approximate surface area is 105 Å². The average Bonchev–Trinajstić information content (AvgIpc) is 2.15. The summed E-state index contributed by atoms with van der Waals surface area (Å²) in [5.41, 5.74) is 5.49. The Morgan fingerprint density at radius 3 is 1.76 bits per heavy atom. The minimum absolute atomic E-state index is 0.0695. The van der Waals surface area contributed by atoms with Crippen molar-refractivity contribution in [3.63, 3.8) is 0 Å². The van der Waals surface area contributed by atoms with Crippen LogP contribution in [0.5, 0.6) is 0 Å². The van der Waals surface area contributed by atoms with Crippen LogP contribution in [0.3, 0.4) is 0 Å². The smallest absolute Gasteiger partial charge is 0.0561 e. The molecule has 0 saturated carbocycles. The highest BCUT2D eigenvalue weighted by Gasteiger charge is 2.30. The van der Waals surface area contributed by atoms with E-state index in [0.29, 0.717) is 0 Å². The molecule has 0 aliphatic heterocycles. The van der Waals surface area contributed by atoms with Gasteiger partial charge in [0.25, 0.3) is 0 Å². The molecule has 0 spiro atoms. The molecule has 0 heterocycles. The Kier molecular flexibility index (Phi) is 3.97. The van der Waals surface area contributed by atoms with E-state index in [1.807, 2.05) is 30.3 Å². The lowest BCUT2D eigenvalue weighted by atomic mass is 9.75. The predicted molar refractivity (Wildman–Crippen MR) is 76.4 cm³/mol. The number of hydrogen-bond donors (Lipinski definition) is 1. The minimum atomic E-state index is 0.0695. The van der Waals surface area contributed by atoms with Crippen LogP contribution in [-0.2, 0) is 0 Å². The van der Waals surface area contributed by atoms with Crippen LogP contribution >= 0.6 is 0 Å². The highest BCUT2D eigenvalue weighted by Crippen LogP contribution is 2.30. The molecule has 0 unspecified atom stereocenters. The summed E-state index contributed by atoms with van der Waals surface area (Å²) in [4.78, 5) is 0. The normalized spacial score (nSPS) is 12.1. The third kappa shape index (κ3) is 4.22. The van der Waals surface area contributed by atoms with Gasteiger partial charge >= 0.3 is 0 Å². The van der Waals surface area contributed by atoms with Crippen molar-refractivity contribution in [3.05, 3.63) is 30.3 Å². The summed E-state index contributed by atoms with van der Waals surface area (Å²) in [5, 5.41) is 4.60. The van der Waals surface area contributed by atoms with Gasteiger partial charge in [-0.05, 0) is 12.1 Å². The lowest BCUT2D eigenvalue weighted by molar-refractivity contribution is 0.478. The lowest BCUT2D eigenvalue weighted by Gasteiger charge is -2.31. The summed E-state index contributed by atoms with van der Waals surface area (Å²) in [6.07, 6.45) is 0. The fourth-order valence-corrected chi connectivity index (χ4v) is 2.09. The standard InChI is InChI=1S/C15H24N2/c1-14(2,3)13(15(4,5)6)17-16-12-10-8-7-9-11-12/h7-11,16H,1-6H3. The zero-order chi connectivity index (χ0) is 13.1. The van der Waals surface area contributed by atoms with Crippen LogP contribution in [0.1, 0.15) is 41.5 Å². The van der Waals surface area contributed by atoms with Crippen LogP contribution in [-0.4, -0.2) is 5.71 Å². The van der Waals surface area contributed by atoms with Gasteiger partial charge in [0.05, 0.1) is 5.69 Å². The van der Waals surface area contributed by atoms with Gasteiger partial charge in [0.2, 0.25) is 0 Å². The number of anilines is 1. The molecule has 2 heteroatoms. The Hall–Kier alpha value is -1.31. The van der Waals surface area contributed by atoms with Crippen molar-refractivity contribution in [2.45, 2.75) is 41.5 Å². The van der Waals surface area contributed by atoms with Gasteiger partial charge in [-0.1, -0.05) is 59.7 Å². The first-order chi connectivity index (χ1) is 7.71. The first-order valence-corrected chi connectivity index (χ1v) is 6.11. The molecule has 0 radical (unpaired) electrons. The van der Waals surface area contributed by atoms with Crippen LogP contribution in [0.25, 0.3) is 0 Å². The predicted octanol–water partition coefficient (Wildman–Crippen LogP) is 4.55. The maximum atomic E-state index is 4.60. The Bertz CT molecular complexity index is 362. The first kappa shape index (κ1) is 13.8. The van der Waals surface area contributed by atoms with E-state index in [1.165, 1.54) is 5.71 Å². The van der Waals surface area contributed by atoms with E-state index in [4.69, 9.17) is 0 Å². The maximum absolute atomic E-state index is 4.60. The van der Waals surface area contributed by atoms with Crippen molar-refractivity contribution in [1.82, 2.24) is 0 Å². The van der Waals surface area contributed by atoms with E-state index in [-0.39, 0.29) is 10.8 Å². The van der Waals surface area contributed by atoms with Crippen LogP contribution in [0, 0.1) is 10.8 Å². The summed E-state index contributed by atoms with van der Waals surface area (Å²) >= 11 is 0. The quantitative estimate of drug-likeness (QED) is 0.587. The molecule has 94 valence electrons. The zero-order valence-electron chi connectivity index (χ0n) is 11.8. The number of benzene rings is 1. The highest BCUT2D eigenvalue weighted by atomic mass is 15.3. The number of nitrogens with zero attached hydrogens (tertiary/aromatic N) is 1. The van der Waals surface area contributed by atoms with Crippen molar-refractivity contribution in [1.29, 1.82) is 0 Å². The number of nitrogens with one attached hydrogen (secondary N) is 1. The van der Waals surface area contributed by atoms with Crippen molar-refractivity contribution >= 4 is 11.4 Å². The SMILES string of the molecule is CC(C)(C)C(=NNc1ccccc1)C(C)(C)C. The van der Waals surface area contributed by atoms with E-state index in [0.717, 1.165) is 5.69 Å². The summed E-state index contributed by atoms with van der Waals surface area (Å²) in [6.45, 7) is 13.2. The highest BCUT2D eigenvalue weighted by molar-refractivity contribution is 5.94. The van der Waals surface area contributed by atoms with Crippen LogP contribution in [0.15, 0.2) is 35.4 Å². The molecule has 0 saturated heterocycles. The topological polar surface area (TPSA) is 24.4 Å². The van der Waals surface area contributed by atoms with E-state index in [1.54, 1.807) is 0 Å². The summed E-state index contributed by atoms with van der Waals surface area (Å²) in [6, 6.07) is 10.1. The molecule has 1 aromatic rings. The lowest BCUT2D eigenvalue weighted by Crippen LogP contribution is -2.33. The third-order valence-corrected chi connectivity index (χ3v) is 2.49. The van der Waals surface area contributed by atoms with E-state index >= 15 is 0 Å². The molecule has 0 aliphatic carbocycles. The van der Waals surface area contributed by atoms with Gasteiger partial charge in [-0.3, -0.25) is 5.43 Å². The molecule has 0 bridgehead atoms. The van der Waals surface area contributed by atoms with E-state index in [9.17, 15) is 0 Å². The molecule has 1 N–H and O–H groups in total. The molecule has 2 nitrogen and oxygen atoms in total. The average molecular weight is 232 g/mol. The summed E-state index contributed by atoms with van der Waals surface area (Å²) in [5.74, 6) is 0. The second-order valence-electron chi connectivity index (χ2n) is 6.44. The van der Waals surface area contributed by atoms with Gasteiger partial charge in [0.15, 0.2) is 0 Å². The molecular formula is C15H24N2. The molecule has 1 rings (SSSR count). The number of hydrazone groups is 1. The second-order valence-corrected chi connectivity index (χ2v) is 6.44. The Morgan fingerprint density at radius 1 is 0.882 bits per heavy atom. The molecule has 0 amide bonds. The third-order valence-electron chi connectivity index (χ3n) is 2.49. The summed E-state index contributed by atoms with van der Waals surface area (Å²) in [7, 11) is 0. The maximum Gasteiger partial charge on any atom is 0.0561 e. The molecule has 17 heavy (non-hydrogen) atoms. The van der Waals surface area contributed by atoms with Crippen LogP contribution in [0.4, 0.5) is 5.69 Å². The molecule has 0 fully saturated rings. The van der Waals surface area contributed by atoms with E-state index < -0.39 is 0 Å². The van der Waals surface area contributed by atoms with Crippen LogP contribution < -0.4 is 5.43 Å². The summed E-state index contributed by atoms with van der Waals surface area (Å²) < 4.78 is 0. The molecule has 1 aromatic carbocycles. The Morgan fingerprint density at radius 2 is 1.35 bits per heavy atom. The molecule has 0 atom stereocenters. The second kappa shape index (κ2) is 4.91. The van der Waals surface area contributed by atoms with Crippen molar-refractivity contribution < 1.29 is 0 Å². The van der Waals surface area contributed by atoms with E-state index in [2.05, 4.69) is 52.1 Å². The van der Waals surface area contributed by atoms with Gasteiger partial charge in [-0.2, -0.15) is 5.10 Å². The molecular weight excluding hydrogens is 208 g/mol. The number of para-hydroxylation sites is 1. The van der Waals surface area contributed by atoms with Gasteiger partial charge in [-0.15, -0.1) is 0 Å². The fraction of sp³-hybridized carbons (Fsp3) is 0.533.